The first-order chi connectivity index (χ1) is 20.8. The largest absolute Gasteiger partial charge is 0.394 e. The Labute approximate surface area is 255 Å². The molecule has 1 N–H and O–H groups in total. The van der Waals surface area contributed by atoms with Crippen LogP contribution in [0.4, 0.5) is 0 Å². The van der Waals surface area contributed by atoms with Crippen LogP contribution >= 0.6 is 0 Å². The number of likely N-dealkylation sites (tertiary alicyclic amines) is 1. The number of carbonyl (C=O) groups is 3. The number of aliphatic hydroxyl groups excluding tert-OH is 1. The molecule has 4 heterocycles. The van der Waals surface area contributed by atoms with Gasteiger partial charge in [0, 0.05) is 25.7 Å². The summed E-state index contributed by atoms with van der Waals surface area (Å²) >= 11 is 0. The van der Waals surface area contributed by atoms with Crippen molar-refractivity contribution in [3.63, 3.8) is 0 Å². The van der Waals surface area contributed by atoms with Crippen molar-refractivity contribution in [1.82, 2.24) is 14.7 Å². The molecule has 1 saturated carbocycles. The molecule has 2 saturated heterocycles. The summed E-state index contributed by atoms with van der Waals surface area (Å²) in [5.74, 6) is -1.93. The van der Waals surface area contributed by atoms with Crippen molar-refractivity contribution in [2.45, 2.75) is 102 Å². The molecule has 8 heteroatoms. The molecule has 6 rings (SSSR count). The van der Waals surface area contributed by atoms with Crippen LogP contribution < -0.4 is 0 Å². The van der Waals surface area contributed by atoms with Crippen LogP contribution in [-0.4, -0.2) is 86.6 Å². The molecule has 3 amide bonds. The normalized spacial score (nSPS) is 33.5. The van der Waals surface area contributed by atoms with E-state index in [0.717, 1.165) is 31.2 Å². The summed E-state index contributed by atoms with van der Waals surface area (Å²) in [5.41, 5.74) is -1.28. The minimum Gasteiger partial charge on any atom is -0.394 e. The van der Waals surface area contributed by atoms with Crippen molar-refractivity contribution in [2.24, 2.45) is 17.8 Å². The van der Waals surface area contributed by atoms with Gasteiger partial charge in [0.25, 0.3) is 0 Å². The van der Waals surface area contributed by atoms with E-state index in [4.69, 9.17) is 4.74 Å². The summed E-state index contributed by atoms with van der Waals surface area (Å²) in [6, 6.07) is 8.53. The lowest BCUT2D eigenvalue weighted by Crippen LogP contribution is -2.60. The van der Waals surface area contributed by atoms with E-state index in [1.54, 1.807) is 4.90 Å². The van der Waals surface area contributed by atoms with Crippen molar-refractivity contribution in [3.05, 3.63) is 60.2 Å². The molecule has 1 spiro atoms. The van der Waals surface area contributed by atoms with E-state index in [2.05, 4.69) is 13.8 Å². The lowest BCUT2D eigenvalue weighted by atomic mass is 9.73. The zero-order valence-electron chi connectivity index (χ0n) is 25.9. The topological polar surface area (TPSA) is 90.4 Å². The fraction of sp³-hybridized carbons (Fsp3) is 0.629. The smallest absolute Gasteiger partial charge is 0.249 e. The number of carbonyl (C=O) groups excluding carboxylic acids is 3. The van der Waals surface area contributed by atoms with Gasteiger partial charge in [0.2, 0.25) is 17.7 Å². The van der Waals surface area contributed by atoms with Gasteiger partial charge in [-0.3, -0.25) is 14.4 Å². The van der Waals surface area contributed by atoms with Gasteiger partial charge in [0.1, 0.15) is 11.6 Å². The van der Waals surface area contributed by atoms with E-state index in [9.17, 15) is 19.5 Å². The Kier molecular flexibility index (Phi) is 8.28. The SMILES string of the molecule is CC[C@]12C=CCN(Cc3ccccc3)C(=O)[C@H]1[C@H]1C(=O)N([C@@H](CO)CC(C)C)C3C(=O)N(C4CCCCC4)CC=C[C@@]31O2. The molecule has 1 unspecified atom stereocenters. The number of rotatable bonds is 8. The van der Waals surface area contributed by atoms with Gasteiger partial charge in [0.15, 0.2) is 0 Å². The van der Waals surface area contributed by atoms with Crippen LogP contribution in [0.25, 0.3) is 0 Å². The van der Waals surface area contributed by atoms with Gasteiger partial charge in [-0.05, 0) is 37.2 Å². The van der Waals surface area contributed by atoms with Crippen LogP contribution in [0, 0.1) is 17.8 Å². The Bertz CT molecular complexity index is 1270. The minimum absolute atomic E-state index is 0.115. The van der Waals surface area contributed by atoms with E-state index in [0.29, 0.717) is 32.5 Å². The highest BCUT2D eigenvalue weighted by Crippen LogP contribution is 2.59. The molecule has 0 radical (unpaired) electrons. The quantitative estimate of drug-likeness (QED) is 0.462. The highest BCUT2D eigenvalue weighted by atomic mass is 16.5. The molecule has 8 nitrogen and oxygen atoms in total. The second-order valence-corrected chi connectivity index (χ2v) is 13.6. The standard InChI is InChI=1S/C35H47N3O5/c1-4-34-17-11-19-36(22-25-13-7-5-8-14-25)31(40)28(34)29-32(41)38(27(23-39)21-24(2)3)30-33(42)37(26-15-9-6-10-16-26)20-12-18-35(29,30)43-34/h5,7-8,11-14,17-18,24,26-30,39H,4,6,9-10,15-16,19-23H2,1-3H3/t27-,28-,29+,30?,34+,35+/m1/s1. The number of hydrogen-bond acceptors (Lipinski definition) is 5. The third kappa shape index (κ3) is 4.95. The molecule has 6 atom stereocenters. The lowest BCUT2D eigenvalue weighted by molar-refractivity contribution is -0.159. The number of ether oxygens (including phenoxy) is 1. The van der Waals surface area contributed by atoms with Gasteiger partial charge >= 0.3 is 0 Å². The highest BCUT2D eigenvalue weighted by molar-refractivity contribution is 6.00. The van der Waals surface area contributed by atoms with Crippen molar-refractivity contribution >= 4 is 17.7 Å². The molecule has 0 bridgehead atoms. The van der Waals surface area contributed by atoms with Crippen LogP contribution in [-0.2, 0) is 25.7 Å². The summed E-state index contributed by atoms with van der Waals surface area (Å²) in [6.07, 6.45) is 14.2. The van der Waals surface area contributed by atoms with Crippen molar-refractivity contribution < 1.29 is 24.2 Å². The molecule has 1 aliphatic carbocycles. The highest BCUT2D eigenvalue weighted by Gasteiger charge is 2.76. The zero-order valence-corrected chi connectivity index (χ0v) is 25.9. The van der Waals surface area contributed by atoms with E-state index in [-0.39, 0.29) is 36.3 Å². The minimum atomic E-state index is -1.29. The van der Waals surface area contributed by atoms with Crippen LogP contribution in [0.1, 0.15) is 71.3 Å². The number of nitrogens with zero attached hydrogens (tertiary/aromatic N) is 3. The van der Waals surface area contributed by atoms with Gasteiger partial charge in [-0.15, -0.1) is 0 Å². The summed E-state index contributed by atoms with van der Waals surface area (Å²) in [6.45, 7) is 7.18. The first kappa shape index (κ1) is 30.1. The lowest BCUT2D eigenvalue weighted by Gasteiger charge is -2.42. The van der Waals surface area contributed by atoms with Crippen LogP contribution in [0.5, 0.6) is 0 Å². The van der Waals surface area contributed by atoms with Crippen LogP contribution in [0.3, 0.4) is 0 Å². The second-order valence-electron chi connectivity index (χ2n) is 13.6. The fourth-order valence-corrected chi connectivity index (χ4v) is 8.65. The summed E-state index contributed by atoms with van der Waals surface area (Å²) in [4.78, 5) is 49.7. The van der Waals surface area contributed by atoms with Gasteiger partial charge < -0.3 is 24.5 Å². The summed E-state index contributed by atoms with van der Waals surface area (Å²) in [7, 11) is 0. The molecular formula is C35H47N3O5. The number of fused-ring (bicyclic) bond motifs is 2. The first-order valence-corrected chi connectivity index (χ1v) is 16.4. The summed E-state index contributed by atoms with van der Waals surface area (Å²) < 4.78 is 7.14. The fourth-order valence-electron chi connectivity index (χ4n) is 8.65. The number of aliphatic hydroxyl groups is 1. The average Bonchev–Trinajstić information content (AvgIpc) is 3.31. The zero-order chi connectivity index (χ0) is 30.4. The summed E-state index contributed by atoms with van der Waals surface area (Å²) in [5, 5.41) is 10.6. The molecule has 3 fully saturated rings. The number of benzene rings is 1. The van der Waals surface area contributed by atoms with E-state index >= 15 is 0 Å². The molecule has 5 aliphatic rings. The predicted molar refractivity (Wildman–Crippen MR) is 164 cm³/mol. The van der Waals surface area contributed by atoms with Gasteiger partial charge in [0.05, 0.1) is 30.1 Å². The van der Waals surface area contributed by atoms with Crippen molar-refractivity contribution in [1.29, 1.82) is 0 Å². The number of amides is 3. The second kappa shape index (κ2) is 11.8. The maximum atomic E-state index is 14.8. The number of hydrogen-bond donors (Lipinski definition) is 1. The monoisotopic (exact) mass is 589 g/mol. The average molecular weight is 590 g/mol. The van der Waals surface area contributed by atoms with Gasteiger partial charge in [-0.1, -0.05) is 94.7 Å². The van der Waals surface area contributed by atoms with E-state index in [1.807, 2.05) is 71.4 Å². The Hall–Kier alpha value is -2.97. The predicted octanol–water partition coefficient (Wildman–Crippen LogP) is 4.08. The molecule has 232 valence electrons. The molecule has 0 aromatic heterocycles. The van der Waals surface area contributed by atoms with E-state index < -0.39 is 35.1 Å². The third-order valence-electron chi connectivity index (χ3n) is 10.6. The molecule has 1 aromatic rings. The Morgan fingerprint density at radius 1 is 0.930 bits per heavy atom. The Morgan fingerprint density at radius 2 is 1.65 bits per heavy atom. The maximum Gasteiger partial charge on any atom is 0.249 e. The van der Waals surface area contributed by atoms with Crippen molar-refractivity contribution in [3.8, 4) is 0 Å². The first-order valence-electron chi connectivity index (χ1n) is 16.4. The van der Waals surface area contributed by atoms with Crippen molar-refractivity contribution in [2.75, 3.05) is 19.7 Å². The van der Waals surface area contributed by atoms with Gasteiger partial charge in [-0.25, -0.2) is 0 Å². The molecule has 1 aromatic carbocycles. The molecule has 43 heavy (non-hydrogen) atoms. The third-order valence-corrected chi connectivity index (χ3v) is 10.6. The molecule has 4 aliphatic heterocycles. The van der Waals surface area contributed by atoms with Crippen LogP contribution in [0.2, 0.25) is 0 Å². The Balaban J connectivity index is 1.46. The van der Waals surface area contributed by atoms with Gasteiger partial charge in [-0.2, -0.15) is 0 Å². The molecular weight excluding hydrogens is 542 g/mol. The van der Waals surface area contributed by atoms with Crippen LogP contribution in [0.15, 0.2) is 54.6 Å². The Morgan fingerprint density at radius 3 is 2.33 bits per heavy atom. The van der Waals surface area contributed by atoms with E-state index in [1.165, 1.54) is 6.42 Å². The maximum absolute atomic E-state index is 14.8.